The van der Waals surface area contributed by atoms with E-state index in [9.17, 15) is 0 Å². The molecule has 0 bridgehead atoms. The highest BCUT2D eigenvalue weighted by Gasteiger charge is 1.84. The van der Waals surface area contributed by atoms with E-state index in [0.717, 1.165) is 20.1 Å². The normalized spacial score (nSPS) is 9.90. The molecule has 6 nitrogen and oxygen atoms in total. The van der Waals surface area contributed by atoms with Crippen molar-refractivity contribution in [3.63, 3.8) is 0 Å². The summed E-state index contributed by atoms with van der Waals surface area (Å²) in [6.07, 6.45) is 4.35. The van der Waals surface area contributed by atoms with E-state index in [-0.39, 0.29) is 6.61 Å². The minimum absolute atomic E-state index is 0.139. The highest BCUT2D eigenvalue weighted by atomic mass is 16.5. The molecule has 1 unspecified atom stereocenters. The first-order valence-electron chi connectivity index (χ1n) is 7.30. The second kappa shape index (κ2) is 31.6. The fraction of sp³-hybridized carbons (Fsp3) is 0.933. The van der Waals surface area contributed by atoms with Crippen molar-refractivity contribution < 1.29 is 29.6 Å². The van der Waals surface area contributed by atoms with Crippen molar-refractivity contribution in [1.82, 2.24) is 0 Å². The van der Waals surface area contributed by atoms with Crippen LogP contribution in [0.4, 0.5) is 0 Å². The number of aliphatic hydroxyl groups excluding tert-OH is 2. The molecule has 6 heteroatoms. The quantitative estimate of drug-likeness (QED) is 0.624. The van der Waals surface area contributed by atoms with E-state index in [2.05, 4.69) is 18.6 Å². The van der Waals surface area contributed by atoms with E-state index in [1.807, 2.05) is 0 Å². The van der Waals surface area contributed by atoms with Crippen LogP contribution in [0.3, 0.4) is 0 Å². The zero-order valence-electron chi connectivity index (χ0n) is 14.6. The fourth-order valence-corrected chi connectivity index (χ4v) is 0.595. The Balaban J connectivity index is -0.000000102. The summed E-state index contributed by atoms with van der Waals surface area (Å²) in [6.45, 7) is 8.75. The molecule has 0 radical (unpaired) electrons. The van der Waals surface area contributed by atoms with Crippen molar-refractivity contribution >= 4 is 5.97 Å². The molecular formula is C15H36O6. The summed E-state index contributed by atoms with van der Waals surface area (Å²) >= 11 is 0. The van der Waals surface area contributed by atoms with Gasteiger partial charge in [-0.2, -0.15) is 0 Å². The Morgan fingerprint density at radius 1 is 1.10 bits per heavy atom. The van der Waals surface area contributed by atoms with Gasteiger partial charge in [0.2, 0.25) is 0 Å². The summed E-state index contributed by atoms with van der Waals surface area (Å²) in [6, 6.07) is 0. The first-order valence-corrected chi connectivity index (χ1v) is 7.30. The molecule has 0 aliphatic rings. The molecule has 132 valence electrons. The van der Waals surface area contributed by atoms with Gasteiger partial charge in [0, 0.05) is 34.4 Å². The Morgan fingerprint density at radius 3 is 1.48 bits per heavy atom. The summed E-state index contributed by atoms with van der Waals surface area (Å²) in [4.78, 5) is 9.00. The van der Waals surface area contributed by atoms with Crippen LogP contribution in [0.1, 0.15) is 53.4 Å². The number of methoxy groups -OCH3 is 1. The van der Waals surface area contributed by atoms with E-state index in [1.165, 1.54) is 32.6 Å². The summed E-state index contributed by atoms with van der Waals surface area (Å²) in [5, 5.41) is 23.4. The largest absolute Gasteiger partial charge is 0.481 e. The number of hydrogen-bond donors (Lipinski definition) is 3. The molecular weight excluding hydrogens is 276 g/mol. The van der Waals surface area contributed by atoms with Crippen molar-refractivity contribution in [3.05, 3.63) is 0 Å². The van der Waals surface area contributed by atoms with Crippen molar-refractivity contribution in [1.29, 1.82) is 0 Å². The minimum atomic E-state index is -0.833. The smallest absolute Gasteiger partial charge is 0.300 e. The number of unbranched alkanes of at least 4 members (excludes halogenated alkanes) is 2. The zero-order valence-corrected chi connectivity index (χ0v) is 14.6. The molecule has 0 aromatic rings. The van der Waals surface area contributed by atoms with Gasteiger partial charge >= 0.3 is 0 Å². The van der Waals surface area contributed by atoms with E-state index >= 15 is 0 Å². The Kier molecular flexibility index (Phi) is 42.9. The van der Waals surface area contributed by atoms with Gasteiger partial charge in [-0.25, -0.2) is 0 Å². The molecule has 0 aromatic heterocycles. The van der Waals surface area contributed by atoms with Gasteiger partial charge in [-0.15, -0.1) is 0 Å². The number of carboxylic acids is 1. The fourth-order valence-electron chi connectivity index (χ4n) is 0.595. The molecule has 0 aromatic carbocycles. The standard InChI is InChI=1S/C8H18O.C3H8O2.C2H4O2.C2H6O/c1-3-5-7-9-8-6-4-2;1-3(5)2-4;1-2(3)4;1-3-2/h3-8H2,1-2H3;3-5H,2H2,1H3;1H3,(H,3,4);1-2H3. The topological polar surface area (TPSA) is 96.2 Å². The van der Waals surface area contributed by atoms with Crippen LogP contribution in [-0.2, 0) is 14.3 Å². The van der Waals surface area contributed by atoms with Crippen molar-refractivity contribution in [2.45, 2.75) is 59.5 Å². The van der Waals surface area contributed by atoms with Crippen LogP contribution >= 0.6 is 0 Å². The Labute approximate surface area is 130 Å². The molecule has 0 heterocycles. The number of carbonyl (C=O) groups is 1. The molecule has 3 N–H and O–H groups in total. The third-order valence-corrected chi connectivity index (χ3v) is 1.55. The average molecular weight is 312 g/mol. The van der Waals surface area contributed by atoms with E-state index < -0.39 is 12.1 Å². The lowest BCUT2D eigenvalue weighted by atomic mass is 10.3. The van der Waals surface area contributed by atoms with Gasteiger partial charge in [0.25, 0.3) is 5.97 Å². The zero-order chi connectivity index (χ0) is 17.5. The van der Waals surface area contributed by atoms with Crippen LogP contribution in [0, 0.1) is 0 Å². The van der Waals surface area contributed by atoms with Crippen molar-refractivity contribution in [2.24, 2.45) is 0 Å². The second-order valence-electron chi connectivity index (χ2n) is 4.28. The van der Waals surface area contributed by atoms with Gasteiger partial charge in [0.15, 0.2) is 0 Å². The molecule has 0 rings (SSSR count). The van der Waals surface area contributed by atoms with Crippen LogP contribution in [0.25, 0.3) is 0 Å². The molecule has 0 aliphatic heterocycles. The summed E-state index contributed by atoms with van der Waals surface area (Å²) in [7, 11) is 3.25. The van der Waals surface area contributed by atoms with Crippen molar-refractivity contribution in [3.8, 4) is 0 Å². The maximum atomic E-state index is 9.00. The van der Waals surface area contributed by atoms with Gasteiger partial charge in [0.05, 0.1) is 12.7 Å². The lowest BCUT2D eigenvalue weighted by Crippen LogP contribution is -2.03. The van der Waals surface area contributed by atoms with E-state index in [0.29, 0.717) is 0 Å². The van der Waals surface area contributed by atoms with Gasteiger partial charge in [-0.1, -0.05) is 26.7 Å². The van der Waals surface area contributed by atoms with Gasteiger partial charge < -0.3 is 24.8 Å². The molecule has 0 aliphatic carbocycles. The molecule has 0 amide bonds. The predicted octanol–water partition coefficient (Wildman–Crippen LogP) is 2.32. The maximum Gasteiger partial charge on any atom is 0.300 e. The molecule has 0 fully saturated rings. The van der Waals surface area contributed by atoms with E-state index in [1.54, 1.807) is 14.2 Å². The monoisotopic (exact) mass is 312 g/mol. The van der Waals surface area contributed by atoms with Crippen LogP contribution in [-0.4, -0.2) is 61.4 Å². The minimum Gasteiger partial charge on any atom is -0.481 e. The molecule has 21 heavy (non-hydrogen) atoms. The van der Waals surface area contributed by atoms with Gasteiger partial charge in [-0.3, -0.25) is 4.79 Å². The number of carboxylic acid groups (broad SMARTS) is 1. The third kappa shape index (κ3) is 108. The SMILES string of the molecule is CC(=O)O.CC(O)CO.CCCCOCCCC.COC. The lowest BCUT2D eigenvalue weighted by Gasteiger charge is -1.99. The summed E-state index contributed by atoms with van der Waals surface area (Å²) in [5.41, 5.74) is 0. The van der Waals surface area contributed by atoms with E-state index in [4.69, 9.17) is 24.9 Å². The Morgan fingerprint density at radius 2 is 1.33 bits per heavy atom. The third-order valence-electron chi connectivity index (χ3n) is 1.55. The number of rotatable bonds is 7. The molecule has 0 saturated carbocycles. The first kappa shape index (κ1) is 28.5. The first-order chi connectivity index (χ1) is 9.83. The van der Waals surface area contributed by atoms with Gasteiger partial charge in [-0.05, 0) is 19.8 Å². The van der Waals surface area contributed by atoms with Gasteiger partial charge in [0.1, 0.15) is 0 Å². The number of hydrogen-bond acceptors (Lipinski definition) is 5. The Hall–Kier alpha value is -0.690. The highest BCUT2D eigenvalue weighted by Crippen LogP contribution is 1.91. The maximum absolute atomic E-state index is 9.00. The van der Waals surface area contributed by atoms with Crippen LogP contribution in [0.2, 0.25) is 0 Å². The Bertz CT molecular complexity index is 152. The number of ether oxygens (including phenoxy) is 2. The van der Waals surface area contributed by atoms with Crippen molar-refractivity contribution in [2.75, 3.05) is 34.0 Å². The second-order valence-corrected chi connectivity index (χ2v) is 4.28. The molecule has 0 spiro atoms. The number of aliphatic carboxylic acids is 1. The van der Waals surface area contributed by atoms with Crippen LogP contribution < -0.4 is 0 Å². The lowest BCUT2D eigenvalue weighted by molar-refractivity contribution is -0.134. The average Bonchev–Trinajstić information content (AvgIpc) is 2.39. The predicted molar refractivity (Wildman–Crippen MR) is 85.6 cm³/mol. The summed E-state index contributed by atoms with van der Waals surface area (Å²) in [5.74, 6) is -0.833. The summed E-state index contributed by atoms with van der Waals surface area (Å²) < 4.78 is 9.56. The highest BCUT2D eigenvalue weighted by molar-refractivity contribution is 5.62. The molecule has 1 atom stereocenters. The van der Waals surface area contributed by atoms with Crippen LogP contribution in [0.15, 0.2) is 0 Å². The van der Waals surface area contributed by atoms with Crippen LogP contribution in [0.5, 0.6) is 0 Å². The molecule has 0 saturated heterocycles. The number of aliphatic hydroxyl groups is 2.